The van der Waals surface area contributed by atoms with Crippen molar-refractivity contribution < 1.29 is 4.74 Å². The maximum absolute atomic E-state index is 5.80. The molecule has 0 bridgehead atoms. The number of hydrogen-bond acceptors (Lipinski definition) is 3. The van der Waals surface area contributed by atoms with Crippen LogP contribution in [0.5, 0.6) is 5.75 Å². The maximum Gasteiger partial charge on any atom is 0.119 e. The molecule has 2 N–H and O–H groups in total. The van der Waals surface area contributed by atoms with Crippen LogP contribution < -0.4 is 10.5 Å². The van der Waals surface area contributed by atoms with Gasteiger partial charge in [-0.05, 0) is 44.1 Å². The lowest BCUT2D eigenvalue weighted by Gasteiger charge is -2.22. The Balaban J connectivity index is 2.46. The van der Waals surface area contributed by atoms with Crippen molar-refractivity contribution in [1.82, 2.24) is 4.90 Å². The average Bonchev–Trinajstić information content (AvgIpc) is 2.34. The minimum atomic E-state index is 0.387. The fourth-order valence-electron chi connectivity index (χ4n) is 1.86. The summed E-state index contributed by atoms with van der Waals surface area (Å²) in [5.74, 6) is 1.49. The van der Waals surface area contributed by atoms with Gasteiger partial charge in [0.05, 0.1) is 6.61 Å². The lowest BCUT2D eigenvalue weighted by molar-refractivity contribution is 0.225. The number of hydrogen-bond donors (Lipinski definition) is 1. The van der Waals surface area contributed by atoms with Crippen molar-refractivity contribution in [1.29, 1.82) is 0 Å². The SMILES string of the molecule is CC(C)c1cccc(OCCC(CN)N(C)C)c1. The molecule has 1 unspecified atom stereocenters. The van der Waals surface area contributed by atoms with Crippen molar-refractivity contribution in [3.8, 4) is 5.75 Å². The second-order valence-electron chi connectivity index (χ2n) is 5.22. The molecular weight excluding hydrogens is 224 g/mol. The van der Waals surface area contributed by atoms with E-state index in [9.17, 15) is 0 Å². The molecule has 1 aromatic carbocycles. The van der Waals surface area contributed by atoms with Gasteiger partial charge in [-0.2, -0.15) is 0 Å². The molecule has 3 heteroatoms. The zero-order chi connectivity index (χ0) is 13.5. The molecular formula is C15H26N2O. The van der Waals surface area contributed by atoms with Crippen molar-refractivity contribution in [2.24, 2.45) is 5.73 Å². The standard InChI is InChI=1S/C15H26N2O/c1-12(2)13-6-5-7-15(10-13)18-9-8-14(11-16)17(3)4/h5-7,10,12,14H,8-9,11,16H2,1-4H3. The van der Waals surface area contributed by atoms with Crippen LogP contribution in [-0.4, -0.2) is 38.2 Å². The normalized spacial score (nSPS) is 13.1. The Hall–Kier alpha value is -1.06. The number of ether oxygens (including phenoxy) is 1. The fraction of sp³-hybridized carbons (Fsp3) is 0.600. The highest BCUT2D eigenvalue weighted by molar-refractivity contribution is 5.30. The van der Waals surface area contributed by atoms with Crippen LogP contribution in [0.4, 0.5) is 0 Å². The van der Waals surface area contributed by atoms with Gasteiger partial charge in [-0.25, -0.2) is 0 Å². The van der Waals surface area contributed by atoms with Gasteiger partial charge in [0.2, 0.25) is 0 Å². The molecule has 0 radical (unpaired) electrons. The number of nitrogens with zero attached hydrogens (tertiary/aromatic N) is 1. The molecule has 0 amide bonds. The topological polar surface area (TPSA) is 38.5 Å². The van der Waals surface area contributed by atoms with Crippen molar-refractivity contribution in [2.45, 2.75) is 32.2 Å². The zero-order valence-electron chi connectivity index (χ0n) is 12.0. The van der Waals surface area contributed by atoms with Gasteiger partial charge < -0.3 is 15.4 Å². The summed E-state index contributed by atoms with van der Waals surface area (Å²) in [6, 6.07) is 8.71. The molecule has 0 saturated carbocycles. The van der Waals surface area contributed by atoms with Gasteiger partial charge in [-0.3, -0.25) is 0 Å². The van der Waals surface area contributed by atoms with Gasteiger partial charge in [0.25, 0.3) is 0 Å². The van der Waals surface area contributed by atoms with Gasteiger partial charge in [0, 0.05) is 12.6 Å². The number of benzene rings is 1. The van der Waals surface area contributed by atoms with Gasteiger partial charge in [0.15, 0.2) is 0 Å². The summed E-state index contributed by atoms with van der Waals surface area (Å²) in [4.78, 5) is 2.15. The van der Waals surface area contributed by atoms with E-state index in [2.05, 4.69) is 51.0 Å². The Morgan fingerprint density at radius 2 is 2.00 bits per heavy atom. The summed E-state index contributed by atoms with van der Waals surface area (Å²) in [6.45, 7) is 5.76. The number of rotatable bonds is 7. The van der Waals surface area contributed by atoms with E-state index in [0.29, 0.717) is 25.1 Å². The smallest absolute Gasteiger partial charge is 0.119 e. The highest BCUT2D eigenvalue weighted by Crippen LogP contribution is 2.20. The van der Waals surface area contributed by atoms with Gasteiger partial charge in [0.1, 0.15) is 5.75 Å². The van der Waals surface area contributed by atoms with E-state index in [4.69, 9.17) is 10.5 Å². The first-order chi connectivity index (χ1) is 8.54. The Kier molecular flexibility index (Phi) is 6.16. The summed E-state index contributed by atoms with van der Waals surface area (Å²) < 4.78 is 5.80. The minimum absolute atomic E-state index is 0.387. The first-order valence-electron chi connectivity index (χ1n) is 6.63. The molecule has 0 aliphatic carbocycles. The van der Waals surface area contributed by atoms with Crippen LogP contribution in [-0.2, 0) is 0 Å². The molecule has 0 fully saturated rings. The molecule has 0 aliphatic rings. The van der Waals surface area contributed by atoms with E-state index in [1.54, 1.807) is 0 Å². The van der Waals surface area contributed by atoms with E-state index in [1.807, 2.05) is 6.07 Å². The van der Waals surface area contributed by atoms with Crippen LogP contribution >= 0.6 is 0 Å². The highest BCUT2D eigenvalue weighted by Gasteiger charge is 2.09. The third-order valence-electron chi connectivity index (χ3n) is 3.25. The lowest BCUT2D eigenvalue weighted by Crippen LogP contribution is -2.36. The summed E-state index contributed by atoms with van der Waals surface area (Å²) in [5.41, 5.74) is 7.04. The van der Waals surface area contributed by atoms with Crippen molar-refractivity contribution in [3.63, 3.8) is 0 Å². The molecule has 3 nitrogen and oxygen atoms in total. The van der Waals surface area contributed by atoms with Crippen molar-refractivity contribution >= 4 is 0 Å². The Bertz CT molecular complexity index is 350. The largest absolute Gasteiger partial charge is 0.494 e. The van der Waals surface area contributed by atoms with Crippen LogP contribution in [0.15, 0.2) is 24.3 Å². The Morgan fingerprint density at radius 1 is 1.28 bits per heavy atom. The first kappa shape index (κ1) is 15.0. The summed E-state index contributed by atoms with van der Waals surface area (Å²) >= 11 is 0. The highest BCUT2D eigenvalue weighted by atomic mass is 16.5. The van der Waals surface area contributed by atoms with Crippen LogP contribution in [0.25, 0.3) is 0 Å². The molecule has 1 aromatic rings. The third-order valence-corrected chi connectivity index (χ3v) is 3.25. The predicted molar refractivity (Wildman–Crippen MR) is 77.2 cm³/mol. The third kappa shape index (κ3) is 4.67. The predicted octanol–water partition coefficient (Wildman–Crippen LogP) is 2.47. The van der Waals surface area contributed by atoms with Gasteiger partial charge in [-0.15, -0.1) is 0 Å². The van der Waals surface area contributed by atoms with Crippen LogP contribution in [0, 0.1) is 0 Å². The maximum atomic E-state index is 5.80. The van der Waals surface area contributed by atoms with E-state index in [1.165, 1.54) is 5.56 Å². The molecule has 102 valence electrons. The van der Waals surface area contributed by atoms with Crippen LogP contribution in [0.3, 0.4) is 0 Å². The molecule has 0 spiro atoms. The van der Waals surface area contributed by atoms with E-state index in [-0.39, 0.29) is 0 Å². The van der Waals surface area contributed by atoms with Gasteiger partial charge in [-0.1, -0.05) is 26.0 Å². The molecule has 0 saturated heterocycles. The summed E-state index contributed by atoms with van der Waals surface area (Å²) in [5, 5.41) is 0. The average molecular weight is 250 g/mol. The van der Waals surface area contributed by atoms with E-state index in [0.717, 1.165) is 12.2 Å². The number of likely N-dealkylation sites (N-methyl/N-ethyl adjacent to an activating group) is 1. The van der Waals surface area contributed by atoms with Gasteiger partial charge >= 0.3 is 0 Å². The summed E-state index contributed by atoms with van der Waals surface area (Å²) in [7, 11) is 4.10. The Labute approximate surface area is 111 Å². The van der Waals surface area contributed by atoms with E-state index >= 15 is 0 Å². The molecule has 1 rings (SSSR count). The molecule has 0 aromatic heterocycles. The molecule has 18 heavy (non-hydrogen) atoms. The van der Waals surface area contributed by atoms with Crippen LogP contribution in [0.2, 0.25) is 0 Å². The first-order valence-corrected chi connectivity index (χ1v) is 6.63. The Morgan fingerprint density at radius 3 is 2.56 bits per heavy atom. The number of nitrogens with two attached hydrogens (primary N) is 1. The zero-order valence-corrected chi connectivity index (χ0v) is 12.0. The molecule has 1 atom stereocenters. The van der Waals surface area contributed by atoms with E-state index < -0.39 is 0 Å². The van der Waals surface area contributed by atoms with Crippen molar-refractivity contribution in [3.05, 3.63) is 29.8 Å². The van der Waals surface area contributed by atoms with Crippen molar-refractivity contribution in [2.75, 3.05) is 27.2 Å². The quantitative estimate of drug-likeness (QED) is 0.808. The molecule has 0 aliphatic heterocycles. The lowest BCUT2D eigenvalue weighted by atomic mass is 10.0. The minimum Gasteiger partial charge on any atom is -0.494 e. The molecule has 0 heterocycles. The van der Waals surface area contributed by atoms with Crippen LogP contribution in [0.1, 0.15) is 31.7 Å². The fourth-order valence-corrected chi connectivity index (χ4v) is 1.86. The second kappa shape index (κ2) is 7.39. The second-order valence-corrected chi connectivity index (χ2v) is 5.22. The summed E-state index contributed by atoms with van der Waals surface area (Å²) in [6.07, 6.45) is 0.954. The monoisotopic (exact) mass is 250 g/mol.